The van der Waals surface area contributed by atoms with Crippen molar-refractivity contribution in [3.63, 3.8) is 0 Å². The third-order valence-electron chi connectivity index (χ3n) is 10.6. The zero-order chi connectivity index (χ0) is 27.5. The molecule has 0 radical (unpaired) electrons. The summed E-state index contributed by atoms with van der Waals surface area (Å²) in [5, 5.41) is 8.47. The van der Waals surface area contributed by atoms with Crippen LogP contribution in [0, 0.1) is 34.5 Å². The van der Waals surface area contributed by atoms with Gasteiger partial charge in [0.1, 0.15) is 11.8 Å². The molecule has 38 heavy (non-hydrogen) atoms. The second-order valence-electron chi connectivity index (χ2n) is 12.3. The number of hydrogen-bond acceptors (Lipinski definition) is 9. The molecule has 0 bridgehead atoms. The van der Waals surface area contributed by atoms with Gasteiger partial charge >= 0.3 is 17.9 Å². The summed E-state index contributed by atoms with van der Waals surface area (Å²) >= 11 is 0. The summed E-state index contributed by atoms with van der Waals surface area (Å²) in [4.78, 5) is 47.5. The van der Waals surface area contributed by atoms with Crippen LogP contribution in [0.1, 0.15) is 86.5 Å². The van der Waals surface area contributed by atoms with E-state index in [2.05, 4.69) is 30.2 Å². The highest BCUT2D eigenvalue weighted by molar-refractivity contribution is 6.38. The predicted octanol–water partition coefficient (Wildman–Crippen LogP) is 4.73. The van der Waals surface area contributed by atoms with Crippen LogP contribution in [0.2, 0.25) is 0 Å². The fourth-order valence-corrected chi connectivity index (χ4v) is 8.97. The number of carbonyl (C=O) groups is 3. The summed E-state index contributed by atoms with van der Waals surface area (Å²) in [6.45, 7) is 11.3. The molecule has 9 nitrogen and oxygen atoms in total. The minimum Gasteiger partial charge on any atom is -0.462 e. The minimum absolute atomic E-state index is 0.0387. The van der Waals surface area contributed by atoms with Crippen molar-refractivity contribution >= 4 is 29.3 Å². The number of allylic oxidation sites excluding steroid dienone is 1. The van der Waals surface area contributed by atoms with Crippen molar-refractivity contribution in [1.29, 1.82) is 0 Å². The summed E-state index contributed by atoms with van der Waals surface area (Å²) in [6.07, 6.45) is 8.60. The molecule has 0 amide bonds. The van der Waals surface area contributed by atoms with Gasteiger partial charge in [0.2, 0.25) is 0 Å². The highest BCUT2D eigenvalue weighted by Gasteiger charge is 2.74. The monoisotopic (exact) mass is 528 g/mol. The molecule has 0 aromatic carbocycles. The highest BCUT2D eigenvalue weighted by Crippen LogP contribution is 2.70. The topological polar surface area (TPSA) is 113 Å². The lowest BCUT2D eigenvalue weighted by atomic mass is 9.46. The van der Waals surface area contributed by atoms with Gasteiger partial charge in [0, 0.05) is 25.7 Å². The molecule has 1 heterocycles. The maximum atomic E-state index is 13.0. The minimum atomic E-state index is -0.974. The molecule has 5 rings (SSSR count). The standard InChI is InChI=1S/C29H40N2O7/c1-7-35-26(34)25-24-15-23-21-9-8-19-14-20(36-17(3)32)10-12-27(19,5)22(21)11-13-28(23,6)29(24,38-31-25)16(2)30-37-18(4)33/h8,20-24H,7,9-15H2,1-6H3. The molecule has 3 fully saturated rings. The van der Waals surface area contributed by atoms with E-state index in [4.69, 9.17) is 19.1 Å². The van der Waals surface area contributed by atoms with Gasteiger partial charge in [0.15, 0.2) is 11.3 Å². The van der Waals surface area contributed by atoms with Gasteiger partial charge in [-0.25, -0.2) is 9.59 Å². The van der Waals surface area contributed by atoms with Crippen molar-refractivity contribution in [2.75, 3.05) is 6.61 Å². The van der Waals surface area contributed by atoms with Gasteiger partial charge in [-0.15, -0.1) is 0 Å². The van der Waals surface area contributed by atoms with E-state index >= 15 is 0 Å². The largest absolute Gasteiger partial charge is 0.462 e. The lowest BCUT2D eigenvalue weighted by molar-refractivity contribution is -0.149. The number of carbonyl (C=O) groups excluding carboxylic acids is 3. The first-order valence-corrected chi connectivity index (χ1v) is 14.0. The number of rotatable bonds is 5. The molecule has 0 saturated heterocycles. The Kier molecular flexibility index (Phi) is 6.71. The summed E-state index contributed by atoms with van der Waals surface area (Å²) in [5.41, 5.74) is 0.983. The van der Waals surface area contributed by atoms with Crippen LogP contribution in [0.15, 0.2) is 22.0 Å². The Morgan fingerprint density at radius 3 is 2.55 bits per heavy atom. The summed E-state index contributed by atoms with van der Waals surface area (Å²) < 4.78 is 10.9. The Morgan fingerprint density at radius 1 is 1.11 bits per heavy atom. The number of esters is 2. The number of fused-ring (bicyclic) bond motifs is 7. The first-order valence-electron chi connectivity index (χ1n) is 14.0. The van der Waals surface area contributed by atoms with Crippen LogP contribution < -0.4 is 0 Å². The summed E-state index contributed by atoms with van der Waals surface area (Å²) in [7, 11) is 0. The Balaban J connectivity index is 1.50. The highest BCUT2D eigenvalue weighted by atomic mass is 16.7. The molecule has 208 valence electrons. The van der Waals surface area contributed by atoms with E-state index in [0.717, 1.165) is 44.9 Å². The lowest BCUT2D eigenvalue weighted by Crippen LogP contribution is -2.59. The van der Waals surface area contributed by atoms with Gasteiger partial charge in [-0.05, 0) is 75.5 Å². The van der Waals surface area contributed by atoms with Gasteiger partial charge in [0.05, 0.1) is 12.5 Å². The molecule has 8 atom stereocenters. The Labute approximate surface area is 224 Å². The van der Waals surface area contributed by atoms with Crippen LogP contribution >= 0.6 is 0 Å². The molecule has 8 unspecified atom stereocenters. The van der Waals surface area contributed by atoms with Crippen molar-refractivity contribution in [2.24, 2.45) is 44.8 Å². The summed E-state index contributed by atoms with van der Waals surface area (Å²) in [5.74, 6) is -0.351. The van der Waals surface area contributed by atoms with Crippen LogP contribution in [0.25, 0.3) is 0 Å². The average molecular weight is 529 g/mol. The Bertz CT molecular complexity index is 1130. The molecule has 0 aromatic rings. The second-order valence-corrected chi connectivity index (χ2v) is 12.3. The first-order chi connectivity index (χ1) is 18.0. The predicted molar refractivity (Wildman–Crippen MR) is 139 cm³/mol. The SMILES string of the molecule is CCOC(=O)C1=NOC2(C(C)=NOC(C)=O)C1CC1C3CC=C4CC(OC(C)=O)CCC4(C)C3CCC12C. The molecule has 3 saturated carbocycles. The third kappa shape index (κ3) is 3.82. The Hall–Kier alpha value is -2.71. The van der Waals surface area contributed by atoms with E-state index in [1.807, 2.05) is 6.92 Å². The molecular weight excluding hydrogens is 488 g/mol. The first kappa shape index (κ1) is 26.9. The van der Waals surface area contributed by atoms with E-state index in [1.165, 1.54) is 19.4 Å². The van der Waals surface area contributed by atoms with E-state index < -0.39 is 17.5 Å². The van der Waals surface area contributed by atoms with Gasteiger partial charge < -0.3 is 19.1 Å². The van der Waals surface area contributed by atoms with Gasteiger partial charge in [-0.3, -0.25) is 4.79 Å². The molecule has 0 N–H and O–H groups in total. The zero-order valence-electron chi connectivity index (χ0n) is 23.4. The molecule has 5 aliphatic rings. The van der Waals surface area contributed by atoms with Crippen molar-refractivity contribution < 1.29 is 33.5 Å². The number of nitrogens with zero attached hydrogens (tertiary/aromatic N) is 2. The maximum Gasteiger partial charge on any atom is 0.356 e. The normalized spacial score (nSPS) is 41.3. The van der Waals surface area contributed by atoms with Crippen molar-refractivity contribution in [3.8, 4) is 0 Å². The maximum absolute atomic E-state index is 13.0. The lowest BCUT2D eigenvalue weighted by Gasteiger charge is -2.58. The third-order valence-corrected chi connectivity index (χ3v) is 10.6. The van der Waals surface area contributed by atoms with E-state index in [9.17, 15) is 14.4 Å². The van der Waals surface area contributed by atoms with Crippen molar-refractivity contribution in [3.05, 3.63) is 11.6 Å². The van der Waals surface area contributed by atoms with Gasteiger partial charge in [-0.1, -0.05) is 35.8 Å². The van der Waals surface area contributed by atoms with Crippen LogP contribution in [0.3, 0.4) is 0 Å². The van der Waals surface area contributed by atoms with Crippen LogP contribution in [-0.2, 0) is 33.5 Å². The quantitative estimate of drug-likeness (QED) is 0.167. The number of oxime groups is 2. The molecule has 9 heteroatoms. The van der Waals surface area contributed by atoms with E-state index in [0.29, 0.717) is 23.3 Å². The fourth-order valence-electron chi connectivity index (χ4n) is 8.97. The van der Waals surface area contributed by atoms with Gasteiger partial charge in [0.25, 0.3) is 0 Å². The smallest absolute Gasteiger partial charge is 0.356 e. The zero-order valence-corrected chi connectivity index (χ0v) is 23.4. The fraction of sp³-hybridized carbons (Fsp3) is 0.759. The number of ether oxygens (including phenoxy) is 2. The molecule has 0 aromatic heterocycles. The van der Waals surface area contributed by atoms with Crippen LogP contribution in [0.5, 0.6) is 0 Å². The molecule has 4 aliphatic carbocycles. The van der Waals surface area contributed by atoms with E-state index in [-0.39, 0.29) is 41.3 Å². The number of hydrogen-bond donors (Lipinski definition) is 0. The van der Waals surface area contributed by atoms with Crippen molar-refractivity contribution in [1.82, 2.24) is 0 Å². The summed E-state index contributed by atoms with van der Waals surface area (Å²) in [6, 6.07) is 0. The van der Waals surface area contributed by atoms with E-state index in [1.54, 1.807) is 6.92 Å². The van der Waals surface area contributed by atoms with Gasteiger partial charge in [-0.2, -0.15) is 0 Å². The van der Waals surface area contributed by atoms with Crippen LogP contribution in [-0.4, -0.2) is 47.6 Å². The molecular formula is C29H40N2O7. The molecule has 0 spiro atoms. The Morgan fingerprint density at radius 2 is 1.87 bits per heavy atom. The second kappa shape index (κ2) is 9.49. The van der Waals surface area contributed by atoms with Crippen LogP contribution in [0.4, 0.5) is 0 Å². The molecule has 1 aliphatic heterocycles. The average Bonchev–Trinajstić information content (AvgIpc) is 3.36. The van der Waals surface area contributed by atoms with Crippen molar-refractivity contribution in [2.45, 2.75) is 98.2 Å².